The Morgan fingerprint density at radius 3 is 2.43 bits per heavy atom. The Bertz CT molecular complexity index is 861. The second-order valence-electron chi connectivity index (χ2n) is 5.77. The van der Waals surface area contributed by atoms with Crippen LogP contribution in [0.2, 0.25) is 0 Å². The monoisotopic (exact) mass is 320 g/mol. The topological polar surface area (TPSA) is 31.4 Å². The zero-order valence-corrected chi connectivity index (χ0v) is 15.0. The van der Waals surface area contributed by atoms with Gasteiger partial charge in [-0.05, 0) is 56.5 Å². The van der Waals surface area contributed by atoms with Gasteiger partial charge in [-0.1, -0.05) is 30.3 Å². The first-order valence-electron chi connectivity index (χ1n) is 7.64. The van der Waals surface area contributed by atoms with Gasteiger partial charge in [-0.25, -0.2) is 4.98 Å². The Balaban J connectivity index is 1.80. The Morgan fingerprint density at radius 2 is 1.61 bits per heavy atom. The Kier molecular flexibility index (Phi) is 4.56. The third-order valence-corrected chi connectivity index (χ3v) is 4.72. The largest absolute Gasteiger partial charge is 0.881 e. The van der Waals surface area contributed by atoms with Crippen molar-refractivity contribution in [2.24, 2.45) is 0 Å². The predicted octanol–water partition coefficient (Wildman–Crippen LogP) is 4.46. The van der Waals surface area contributed by atoms with Gasteiger partial charge in [0.2, 0.25) is 0 Å². The van der Waals surface area contributed by atoms with Gasteiger partial charge in [-0.15, -0.1) is 0 Å². The summed E-state index contributed by atoms with van der Waals surface area (Å²) in [5.41, 5.74) is 5.41. The molecule has 1 radical (unpaired) electrons. The van der Waals surface area contributed by atoms with Crippen molar-refractivity contribution in [3.05, 3.63) is 64.8 Å². The molecule has 0 bridgehead atoms. The molecule has 0 aliphatic carbocycles. The third kappa shape index (κ3) is 3.34. The van der Waals surface area contributed by atoms with E-state index in [1.54, 1.807) is 0 Å². The van der Waals surface area contributed by atoms with E-state index in [0.717, 1.165) is 33.7 Å². The van der Waals surface area contributed by atoms with Gasteiger partial charge in [0.15, 0.2) is 0 Å². The van der Waals surface area contributed by atoms with Gasteiger partial charge < -0.3 is 7.58 Å². The molecule has 0 amide bonds. The van der Waals surface area contributed by atoms with Crippen LogP contribution in [0.1, 0.15) is 22.4 Å². The van der Waals surface area contributed by atoms with Crippen LogP contribution in [0.4, 0.5) is 0 Å². The van der Waals surface area contributed by atoms with E-state index in [4.69, 9.17) is 7.58 Å². The van der Waals surface area contributed by atoms with Crippen molar-refractivity contribution in [3.63, 3.8) is 0 Å². The molecule has 0 spiro atoms. The van der Waals surface area contributed by atoms with Crippen molar-refractivity contribution in [1.29, 1.82) is 0 Å². The minimum atomic E-state index is -0.644. The van der Waals surface area contributed by atoms with Crippen LogP contribution in [-0.2, 0) is 0 Å². The molecule has 0 fully saturated rings. The van der Waals surface area contributed by atoms with Gasteiger partial charge >= 0.3 is 15.9 Å². The van der Waals surface area contributed by atoms with Crippen LogP contribution in [0.15, 0.2) is 42.5 Å². The summed E-state index contributed by atoms with van der Waals surface area (Å²) in [6.45, 7) is 8.22. The third-order valence-electron chi connectivity index (χ3n) is 4.04. The van der Waals surface area contributed by atoms with E-state index in [0.29, 0.717) is 0 Å². The van der Waals surface area contributed by atoms with Crippen molar-refractivity contribution in [2.45, 2.75) is 27.7 Å². The van der Waals surface area contributed by atoms with E-state index in [1.165, 1.54) is 11.1 Å². The quantitative estimate of drug-likeness (QED) is 0.665. The van der Waals surface area contributed by atoms with Crippen molar-refractivity contribution in [3.8, 4) is 11.5 Å². The summed E-state index contributed by atoms with van der Waals surface area (Å²) in [4.78, 5) is 4.58. The van der Waals surface area contributed by atoms with Gasteiger partial charge in [0.25, 0.3) is 0 Å². The number of rotatable bonds is 4. The Morgan fingerprint density at radius 1 is 0.826 bits per heavy atom. The number of hydrogen-bond donors (Lipinski definition) is 0. The molecule has 2 aromatic carbocycles. The average Bonchev–Trinajstić information content (AvgIpc) is 2.54. The molecular weight excluding hydrogens is 301 g/mol. The number of benzene rings is 2. The van der Waals surface area contributed by atoms with Crippen LogP contribution in [0.25, 0.3) is 10.9 Å². The van der Waals surface area contributed by atoms with Gasteiger partial charge in [-0.3, -0.25) is 0 Å². The first-order valence-corrected chi connectivity index (χ1v) is 8.59. The van der Waals surface area contributed by atoms with Gasteiger partial charge in [0.05, 0.1) is 5.75 Å². The molecule has 3 rings (SSSR count). The lowest BCUT2D eigenvalue weighted by atomic mass is 10.1. The standard InChI is InChI=1S/C10H9NO.C9H12O.Al/c1-7-5-6-8-3-2-4-9(12)10(8)11-7;1-6-4-5-7(2)9(10)8(6)3;/h2-6,12H,1H3;4-5,10H,1-3H3;/q;;+2/p-2. The number of pyridine rings is 1. The zero-order valence-electron chi connectivity index (χ0n) is 13.9. The van der Waals surface area contributed by atoms with Gasteiger partial charge in [0, 0.05) is 11.1 Å². The van der Waals surface area contributed by atoms with Crippen LogP contribution >= 0.6 is 0 Å². The molecule has 0 saturated carbocycles. The number of fused-ring (bicyclic) bond motifs is 1. The fourth-order valence-corrected chi connectivity index (χ4v) is 3.34. The minimum Gasteiger partial charge on any atom is -0.615 e. The maximum atomic E-state index is 5.96. The van der Waals surface area contributed by atoms with Crippen LogP contribution in [-0.4, -0.2) is 20.9 Å². The molecule has 0 unspecified atom stereocenters. The van der Waals surface area contributed by atoms with Crippen LogP contribution in [0.3, 0.4) is 0 Å². The highest BCUT2D eigenvalue weighted by Crippen LogP contribution is 2.27. The highest BCUT2D eigenvalue weighted by Gasteiger charge is 2.13. The summed E-state index contributed by atoms with van der Waals surface area (Å²) in [6, 6.07) is 14.2. The molecule has 0 aliphatic heterocycles. The van der Waals surface area contributed by atoms with Crippen molar-refractivity contribution < 1.29 is 7.58 Å². The smallest absolute Gasteiger partial charge is 0.615 e. The second-order valence-corrected chi connectivity index (χ2v) is 6.43. The van der Waals surface area contributed by atoms with E-state index in [-0.39, 0.29) is 0 Å². The molecule has 0 N–H and O–H groups in total. The van der Waals surface area contributed by atoms with Crippen LogP contribution in [0, 0.1) is 27.7 Å². The summed E-state index contributed by atoms with van der Waals surface area (Å²) >= 11 is -0.644. The fraction of sp³-hybridized carbons (Fsp3) is 0.211. The molecule has 115 valence electrons. The Labute approximate surface area is 143 Å². The van der Waals surface area contributed by atoms with Crippen LogP contribution < -0.4 is 7.58 Å². The van der Waals surface area contributed by atoms with Crippen molar-refractivity contribution in [1.82, 2.24) is 4.98 Å². The summed E-state index contributed by atoms with van der Waals surface area (Å²) in [7, 11) is 0. The molecule has 4 heteroatoms. The number of aryl methyl sites for hydroxylation is 3. The van der Waals surface area contributed by atoms with E-state index < -0.39 is 15.9 Å². The molecule has 0 saturated heterocycles. The maximum Gasteiger partial charge on any atom is 0.881 e. The molecule has 3 nitrogen and oxygen atoms in total. The van der Waals surface area contributed by atoms with Gasteiger partial charge in [-0.2, -0.15) is 0 Å². The summed E-state index contributed by atoms with van der Waals surface area (Å²) < 4.78 is 11.9. The lowest BCUT2D eigenvalue weighted by Gasteiger charge is -2.15. The van der Waals surface area contributed by atoms with Crippen LogP contribution in [0.5, 0.6) is 11.5 Å². The normalized spacial score (nSPS) is 10.6. The molecule has 0 atom stereocenters. The highest BCUT2D eigenvalue weighted by molar-refractivity contribution is 6.21. The average molecular weight is 320 g/mol. The lowest BCUT2D eigenvalue weighted by Crippen LogP contribution is -2.13. The molecule has 1 heterocycles. The second kappa shape index (κ2) is 6.62. The first-order chi connectivity index (χ1) is 11.1. The predicted molar refractivity (Wildman–Crippen MR) is 94.1 cm³/mol. The van der Waals surface area contributed by atoms with E-state index in [9.17, 15) is 0 Å². The van der Waals surface area contributed by atoms with Crippen molar-refractivity contribution in [2.75, 3.05) is 0 Å². The fourth-order valence-electron chi connectivity index (χ4n) is 2.54. The number of aromatic nitrogens is 1. The number of hydrogen-bond acceptors (Lipinski definition) is 3. The number of nitrogens with zero attached hydrogens (tertiary/aromatic N) is 1. The summed E-state index contributed by atoms with van der Waals surface area (Å²) in [5, 5.41) is 1.08. The molecule has 0 aliphatic rings. The summed E-state index contributed by atoms with van der Waals surface area (Å²) in [6.07, 6.45) is 0. The summed E-state index contributed by atoms with van der Waals surface area (Å²) in [5.74, 6) is 1.72. The first kappa shape index (κ1) is 15.9. The van der Waals surface area contributed by atoms with Crippen molar-refractivity contribution >= 4 is 26.8 Å². The Hall–Kier alpha value is -2.02. The molecule has 1 aromatic heterocycles. The highest BCUT2D eigenvalue weighted by atomic mass is 27.2. The lowest BCUT2D eigenvalue weighted by molar-refractivity contribution is 0.457. The maximum absolute atomic E-state index is 5.96. The molecule has 23 heavy (non-hydrogen) atoms. The van der Waals surface area contributed by atoms with E-state index in [1.807, 2.05) is 31.2 Å². The minimum absolute atomic E-state index is 0.644. The van der Waals surface area contributed by atoms with E-state index in [2.05, 4.69) is 44.0 Å². The van der Waals surface area contributed by atoms with Gasteiger partial charge in [0.1, 0.15) is 11.3 Å². The van der Waals surface area contributed by atoms with E-state index >= 15 is 0 Å². The zero-order chi connectivity index (χ0) is 16.4. The number of para-hydroxylation sites is 1. The SMILES string of the molecule is Cc1ccc2cccc([O][Al][O]c3c(C)ccc(C)c3C)c2n1. The molecular formula is C19H19AlNO2. The molecule has 3 aromatic rings.